The first-order valence-corrected chi connectivity index (χ1v) is 9.23. The van der Waals surface area contributed by atoms with Gasteiger partial charge in [-0.3, -0.25) is 9.48 Å². The van der Waals surface area contributed by atoms with Crippen LogP contribution in [0.1, 0.15) is 43.0 Å². The van der Waals surface area contributed by atoms with Crippen LogP contribution in [0.15, 0.2) is 18.5 Å². The van der Waals surface area contributed by atoms with Crippen molar-refractivity contribution in [2.24, 2.45) is 0 Å². The minimum absolute atomic E-state index is 0.208. The molecule has 2 aliphatic heterocycles. The van der Waals surface area contributed by atoms with Gasteiger partial charge in [0, 0.05) is 32.3 Å². The van der Waals surface area contributed by atoms with Crippen LogP contribution >= 0.6 is 0 Å². The van der Waals surface area contributed by atoms with Crippen molar-refractivity contribution in [3.8, 4) is 0 Å². The molecular formula is C18H22N6O. The van der Waals surface area contributed by atoms with Gasteiger partial charge in [-0.25, -0.2) is 0 Å². The zero-order chi connectivity index (χ0) is 16.8. The maximum atomic E-state index is 11.9. The Balaban J connectivity index is 1.26. The standard InChI is InChI=1S/C18H22N6O/c25-18-6-3-7-23(18)14-9-19-24(12-14)15-10-22(11-15)17-8-13-4-1-2-5-16(13)20-21-17/h8-9,12,15H,1-7,10-11H2. The molecule has 0 aromatic carbocycles. The molecule has 0 bridgehead atoms. The van der Waals surface area contributed by atoms with Gasteiger partial charge in [-0.2, -0.15) is 10.2 Å². The molecule has 2 aromatic heterocycles. The maximum absolute atomic E-state index is 11.9. The largest absolute Gasteiger partial charge is 0.351 e. The third-order valence-corrected chi connectivity index (χ3v) is 5.59. The van der Waals surface area contributed by atoms with E-state index in [2.05, 4.69) is 26.3 Å². The van der Waals surface area contributed by atoms with Crippen LogP contribution in [-0.2, 0) is 17.6 Å². The molecular weight excluding hydrogens is 316 g/mol. The lowest BCUT2D eigenvalue weighted by atomic mass is 9.96. The zero-order valence-electron chi connectivity index (χ0n) is 14.3. The highest BCUT2D eigenvalue weighted by Crippen LogP contribution is 2.30. The van der Waals surface area contributed by atoms with Gasteiger partial charge in [-0.05, 0) is 43.7 Å². The van der Waals surface area contributed by atoms with Crippen molar-refractivity contribution < 1.29 is 4.79 Å². The highest BCUT2D eigenvalue weighted by atomic mass is 16.2. The molecule has 0 atom stereocenters. The minimum atomic E-state index is 0.208. The van der Waals surface area contributed by atoms with E-state index in [1.165, 1.54) is 24.1 Å². The third-order valence-electron chi connectivity index (χ3n) is 5.59. The Morgan fingerprint density at radius 2 is 1.92 bits per heavy atom. The molecule has 0 N–H and O–H groups in total. The minimum Gasteiger partial charge on any atom is -0.351 e. The predicted molar refractivity (Wildman–Crippen MR) is 93.7 cm³/mol. The third kappa shape index (κ3) is 2.58. The van der Waals surface area contributed by atoms with Crippen LogP contribution in [0.4, 0.5) is 11.5 Å². The molecule has 3 aliphatic rings. The molecule has 0 unspecified atom stereocenters. The molecule has 0 spiro atoms. The number of amides is 1. The van der Waals surface area contributed by atoms with Gasteiger partial charge in [0.25, 0.3) is 0 Å². The molecule has 5 rings (SSSR count). The zero-order valence-corrected chi connectivity index (χ0v) is 14.3. The van der Waals surface area contributed by atoms with E-state index in [0.29, 0.717) is 12.5 Å². The van der Waals surface area contributed by atoms with Gasteiger partial charge in [0.05, 0.1) is 23.6 Å². The molecule has 2 aromatic rings. The average molecular weight is 338 g/mol. The van der Waals surface area contributed by atoms with Gasteiger partial charge < -0.3 is 9.80 Å². The average Bonchev–Trinajstić information content (AvgIpc) is 3.22. The van der Waals surface area contributed by atoms with E-state index in [0.717, 1.165) is 50.4 Å². The van der Waals surface area contributed by atoms with Crippen molar-refractivity contribution in [3.63, 3.8) is 0 Å². The van der Waals surface area contributed by atoms with Gasteiger partial charge in [0.15, 0.2) is 5.82 Å². The van der Waals surface area contributed by atoms with Crippen LogP contribution in [0.5, 0.6) is 0 Å². The van der Waals surface area contributed by atoms with E-state index in [1.807, 2.05) is 22.0 Å². The SMILES string of the molecule is O=C1CCCN1c1cnn(C2CN(c3cc4c(nn3)CCCC4)C2)c1. The quantitative estimate of drug-likeness (QED) is 0.853. The first kappa shape index (κ1) is 14.9. The summed E-state index contributed by atoms with van der Waals surface area (Å²) in [7, 11) is 0. The Labute approximate surface area is 146 Å². The van der Waals surface area contributed by atoms with Crippen molar-refractivity contribution in [3.05, 3.63) is 29.7 Å². The van der Waals surface area contributed by atoms with E-state index < -0.39 is 0 Å². The number of hydrogen-bond donors (Lipinski definition) is 0. The van der Waals surface area contributed by atoms with Crippen LogP contribution in [0.2, 0.25) is 0 Å². The fourth-order valence-electron chi connectivity index (χ4n) is 4.03. The van der Waals surface area contributed by atoms with Crippen molar-refractivity contribution in [1.29, 1.82) is 0 Å². The van der Waals surface area contributed by atoms with Gasteiger partial charge in [-0.1, -0.05) is 0 Å². The number of carbonyl (C=O) groups excluding carboxylic acids is 1. The van der Waals surface area contributed by atoms with Gasteiger partial charge in [0.1, 0.15) is 0 Å². The number of aromatic nitrogens is 4. The Morgan fingerprint density at radius 3 is 2.76 bits per heavy atom. The second-order valence-electron chi connectivity index (χ2n) is 7.27. The molecule has 7 heteroatoms. The lowest BCUT2D eigenvalue weighted by molar-refractivity contribution is -0.117. The molecule has 1 aliphatic carbocycles. The highest BCUT2D eigenvalue weighted by molar-refractivity contribution is 5.95. The summed E-state index contributed by atoms with van der Waals surface area (Å²) in [5.41, 5.74) is 3.47. The Hall–Kier alpha value is -2.44. The van der Waals surface area contributed by atoms with Crippen molar-refractivity contribution >= 4 is 17.4 Å². The van der Waals surface area contributed by atoms with E-state index in [-0.39, 0.29) is 5.91 Å². The smallest absolute Gasteiger partial charge is 0.227 e. The van der Waals surface area contributed by atoms with Gasteiger partial charge >= 0.3 is 0 Å². The summed E-state index contributed by atoms with van der Waals surface area (Å²) < 4.78 is 1.99. The second-order valence-corrected chi connectivity index (χ2v) is 7.27. The lowest BCUT2D eigenvalue weighted by Gasteiger charge is -2.40. The summed E-state index contributed by atoms with van der Waals surface area (Å²) in [4.78, 5) is 16.0. The molecule has 2 fully saturated rings. The molecule has 0 radical (unpaired) electrons. The number of carbonyl (C=O) groups is 1. The summed E-state index contributed by atoms with van der Waals surface area (Å²) >= 11 is 0. The molecule has 25 heavy (non-hydrogen) atoms. The Kier molecular flexibility index (Phi) is 3.46. The first-order chi connectivity index (χ1) is 12.3. The van der Waals surface area contributed by atoms with Crippen LogP contribution in [0.25, 0.3) is 0 Å². The topological polar surface area (TPSA) is 67.2 Å². The molecule has 7 nitrogen and oxygen atoms in total. The van der Waals surface area contributed by atoms with E-state index in [1.54, 1.807) is 0 Å². The Bertz CT molecular complexity index is 810. The number of nitrogens with zero attached hydrogens (tertiary/aromatic N) is 6. The monoisotopic (exact) mass is 338 g/mol. The fourth-order valence-corrected chi connectivity index (χ4v) is 4.03. The van der Waals surface area contributed by atoms with Crippen molar-refractivity contribution in [1.82, 2.24) is 20.0 Å². The maximum Gasteiger partial charge on any atom is 0.227 e. The van der Waals surface area contributed by atoms with Crippen LogP contribution < -0.4 is 9.80 Å². The number of hydrogen-bond acceptors (Lipinski definition) is 5. The lowest BCUT2D eigenvalue weighted by Crippen LogP contribution is -2.48. The first-order valence-electron chi connectivity index (χ1n) is 9.23. The highest BCUT2D eigenvalue weighted by Gasteiger charge is 2.32. The second kappa shape index (κ2) is 5.82. The van der Waals surface area contributed by atoms with Crippen LogP contribution in [0, 0.1) is 0 Å². The summed E-state index contributed by atoms with van der Waals surface area (Å²) in [6.07, 6.45) is 10.1. The van der Waals surface area contributed by atoms with Crippen molar-refractivity contribution in [2.45, 2.75) is 44.6 Å². The fraction of sp³-hybridized carbons (Fsp3) is 0.556. The predicted octanol–water partition coefficient (Wildman–Crippen LogP) is 1.74. The summed E-state index contributed by atoms with van der Waals surface area (Å²) in [6, 6.07) is 2.55. The van der Waals surface area contributed by atoms with Gasteiger partial charge in [-0.15, -0.1) is 5.10 Å². The number of fused-ring (bicyclic) bond motifs is 1. The molecule has 130 valence electrons. The number of rotatable bonds is 3. The molecule has 0 saturated carbocycles. The number of aryl methyl sites for hydroxylation is 2. The number of anilines is 2. The van der Waals surface area contributed by atoms with Crippen LogP contribution in [-0.4, -0.2) is 45.5 Å². The molecule has 4 heterocycles. The molecule has 2 saturated heterocycles. The van der Waals surface area contributed by atoms with E-state index in [9.17, 15) is 4.79 Å². The van der Waals surface area contributed by atoms with Crippen molar-refractivity contribution in [2.75, 3.05) is 29.4 Å². The Morgan fingerprint density at radius 1 is 1.04 bits per heavy atom. The van der Waals surface area contributed by atoms with Gasteiger partial charge in [0.2, 0.25) is 5.91 Å². The van der Waals surface area contributed by atoms with Crippen LogP contribution in [0.3, 0.4) is 0 Å². The molecule has 1 amide bonds. The summed E-state index contributed by atoms with van der Waals surface area (Å²) in [6.45, 7) is 2.59. The van der Waals surface area contributed by atoms with E-state index in [4.69, 9.17) is 0 Å². The van der Waals surface area contributed by atoms with E-state index >= 15 is 0 Å². The normalized spacial score (nSPS) is 20.7. The summed E-state index contributed by atoms with van der Waals surface area (Å²) in [5.74, 6) is 1.19. The summed E-state index contributed by atoms with van der Waals surface area (Å²) in [5, 5.41) is 13.3.